The van der Waals surface area contributed by atoms with Crippen LogP contribution in [0.1, 0.15) is 22.8 Å². The molecule has 3 rings (SSSR count). The molecule has 0 aliphatic heterocycles. The van der Waals surface area contributed by atoms with Gasteiger partial charge in [0.15, 0.2) is 17.3 Å². The fourth-order valence-corrected chi connectivity index (χ4v) is 3.48. The summed E-state index contributed by atoms with van der Waals surface area (Å²) in [6.07, 6.45) is 0.867. The van der Waals surface area contributed by atoms with Gasteiger partial charge < -0.3 is 19.7 Å². The van der Waals surface area contributed by atoms with Crippen LogP contribution in [0.25, 0.3) is 0 Å². The summed E-state index contributed by atoms with van der Waals surface area (Å²) in [4.78, 5) is 6.62. The average Bonchev–Trinajstić information content (AvgIpc) is 3.37. The highest BCUT2D eigenvalue weighted by Gasteiger charge is 2.13. The minimum absolute atomic E-state index is 0.253. The van der Waals surface area contributed by atoms with Gasteiger partial charge in [0.25, 0.3) is 0 Å². The lowest BCUT2D eigenvalue weighted by Gasteiger charge is -2.20. The highest BCUT2D eigenvalue weighted by molar-refractivity contribution is 7.07. The number of nitrogens with zero attached hydrogens (tertiary/aromatic N) is 3. The zero-order valence-corrected chi connectivity index (χ0v) is 16.4. The summed E-state index contributed by atoms with van der Waals surface area (Å²) < 4.78 is 15.8. The second-order valence-electron chi connectivity index (χ2n) is 6.09. The second kappa shape index (κ2) is 9.50. The van der Waals surface area contributed by atoms with Crippen molar-refractivity contribution in [3.8, 4) is 11.5 Å². The molecule has 0 unspecified atom stereocenters. The van der Waals surface area contributed by atoms with E-state index < -0.39 is 0 Å². The lowest BCUT2D eigenvalue weighted by molar-refractivity contribution is 0.248. The zero-order chi connectivity index (χ0) is 19.1. The molecule has 0 aliphatic carbocycles. The molecule has 144 valence electrons. The Kier molecular flexibility index (Phi) is 6.80. The summed E-state index contributed by atoms with van der Waals surface area (Å²) in [6.45, 7) is 2.52. The smallest absolute Gasteiger partial charge is 0.240 e. The number of rotatable bonds is 10. The lowest BCUT2D eigenvalue weighted by Crippen LogP contribution is -2.25. The first-order valence-corrected chi connectivity index (χ1v) is 9.62. The van der Waals surface area contributed by atoms with Crippen LogP contribution in [0.3, 0.4) is 0 Å². The minimum Gasteiger partial charge on any atom is -0.493 e. The summed E-state index contributed by atoms with van der Waals surface area (Å²) in [6, 6.07) is 8.15. The lowest BCUT2D eigenvalue weighted by atomic mass is 10.1. The Bertz CT molecular complexity index is 835. The largest absolute Gasteiger partial charge is 0.493 e. The van der Waals surface area contributed by atoms with Crippen molar-refractivity contribution in [2.45, 2.75) is 26.1 Å². The Labute approximate surface area is 162 Å². The van der Waals surface area contributed by atoms with Gasteiger partial charge in [-0.1, -0.05) is 11.2 Å². The van der Waals surface area contributed by atoms with Crippen molar-refractivity contribution < 1.29 is 14.0 Å². The molecule has 0 atom stereocenters. The molecule has 2 aromatic heterocycles. The van der Waals surface area contributed by atoms with Gasteiger partial charge in [-0.15, -0.1) is 0 Å². The average molecular weight is 388 g/mol. The fourth-order valence-electron chi connectivity index (χ4n) is 2.82. The molecular formula is C19H24N4O3S. The third-order valence-electron chi connectivity index (χ3n) is 4.20. The number of benzene rings is 1. The Morgan fingerprint density at radius 3 is 2.63 bits per heavy atom. The molecule has 8 heteroatoms. The van der Waals surface area contributed by atoms with Gasteiger partial charge in [0.2, 0.25) is 5.89 Å². The molecular weight excluding hydrogens is 364 g/mol. The van der Waals surface area contributed by atoms with E-state index in [9.17, 15) is 0 Å². The van der Waals surface area contributed by atoms with E-state index in [0.717, 1.165) is 31.0 Å². The first-order valence-electron chi connectivity index (χ1n) is 8.67. The quantitative estimate of drug-likeness (QED) is 0.571. The van der Waals surface area contributed by atoms with Gasteiger partial charge in [-0.2, -0.15) is 16.3 Å². The van der Waals surface area contributed by atoms with Crippen LogP contribution in [-0.2, 0) is 26.1 Å². The Hall–Kier alpha value is -2.42. The van der Waals surface area contributed by atoms with Crippen molar-refractivity contribution in [1.82, 2.24) is 15.0 Å². The van der Waals surface area contributed by atoms with Gasteiger partial charge >= 0.3 is 0 Å². The minimum atomic E-state index is 0.253. The number of hydrogen-bond acceptors (Lipinski definition) is 8. The van der Waals surface area contributed by atoms with Crippen molar-refractivity contribution >= 4 is 11.3 Å². The standard InChI is InChI=1S/C19H24N4O3S/c1-24-16-4-3-14(9-17(16)25-2)5-7-23(11-15-6-8-27-13-15)12-18-21-19(10-20)26-22-18/h3-4,6,8-9,13H,5,7,10-12,20H2,1-2H3. The second-order valence-corrected chi connectivity index (χ2v) is 6.87. The molecule has 3 aromatic rings. The zero-order valence-electron chi connectivity index (χ0n) is 15.6. The van der Waals surface area contributed by atoms with Crippen molar-refractivity contribution in [3.63, 3.8) is 0 Å². The highest BCUT2D eigenvalue weighted by Crippen LogP contribution is 2.27. The first kappa shape index (κ1) is 19.3. The maximum atomic E-state index is 5.56. The molecule has 0 spiro atoms. The maximum Gasteiger partial charge on any atom is 0.240 e. The molecule has 2 N–H and O–H groups in total. The van der Waals surface area contributed by atoms with Crippen molar-refractivity contribution in [1.29, 1.82) is 0 Å². The number of ether oxygens (including phenoxy) is 2. The molecule has 2 heterocycles. The van der Waals surface area contributed by atoms with E-state index >= 15 is 0 Å². The van der Waals surface area contributed by atoms with Crippen molar-refractivity contribution in [2.24, 2.45) is 5.73 Å². The summed E-state index contributed by atoms with van der Waals surface area (Å²) in [7, 11) is 3.29. The van der Waals surface area contributed by atoms with Crippen LogP contribution >= 0.6 is 11.3 Å². The summed E-state index contributed by atoms with van der Waals surface area (Å²) in [5.74, 6) is 2.58. The highest BCUT2D eigenvalue weighted by atomic mass is 32.1. The van der Waals surface area contributed by atoms with Gasteiger partial charge in [-0.3, -0.25) is 4.90 Å². The predicted molar refractivity (Wildman–Crippen MR) is 104 cm³/mol. The van der Waals surface area contributed by atoms with Crippen LogP contribution < -0.4 is 15.2 Å². The third-order valence-corrected chi connectivity index (χ3v) is 4.93. The van der Waals surface area contributed by atoms with Gasteiger partial charge in [-0.05, 0) is 46.5 Å². The molecule has 0 saturated carbocycles. The monoisotopic (exact) mass is 388 g/mol. The van der Waals surface area contributed by atoms with Crippen LogP contribution in [-0.4, -0.2) is 35.8 Å². The molecule has 7 nitrogen and oxygen atoms in total. The predicted octanol–water partition coefficient (Wildman–Crippen LogP) is 2.85. The van der Waals surface area contributed by atoms with E-state index in [1.54, 1.807) is 25.6 Å². The van der Waals surface area contributed by atoms with E-state index in [4.69, 9.17) is 19.7 Å². The van der Waals surface area contributed by atoms with Crippen LogP contribution in [0.4, 0.5) is 0 Å². The Morgan fingerprint density at radius 1 is 1.11 bits per heavy atom. The van der Waals surface area contributed by atoms with Crippen LogP contribution in [0, 0.1) is 0 Å². The fraction of sp³-hybridized carbons (Fsp3) is 0.368. The number of thiophene rings is 1. The van der Waals surface area contributed by atoms with Crippen molar-refractivity contribution in [3.05, 3.63) is 57.9 Å². The molecule has 0 bridgehead atoms. The summed E-state index contributed by atoms with van der Waals surface area (Å²) in [5.41, 5.74) is 8.01. The molecule has 0 aliphatic rings. The normalized spacial score (nSPS) is 11.1. The van der Waals surface area contributed by atoms with E-state index in [-0.39, 0.29) is 6.54 Å². The summed E-state index contributed by atoms with van der Waals surface area (Å²) >= 11 is 1.70. The van der Waals surface area contributed by atoms with Gasteiger partial charge in [-0.25, -0.2) is 0 Å². The van der Waals surface area contributed by atoms with E-state index in [1.807, 2.05) is 12.1 Å². The van der Waals surface area contributed by atoms with Gasteiger partial charge in [0, 0.05) is 13.1 Å². The molecule has 27 heavy (non-hydrogen) atoms. The molecule has 0 fully saturated rings. The van der Waals surface area contributed by atoms with Crippen LogP contribution in [0.5, 0.6) is 11.5 Å². The SMILES string of the molecule is COc1ccc(CCN(Cc2ccsc2)Cc2noc(CN)n2)cc1OC. The number of hydrogen-bond donors (Lipinski definition) is 1. The number of aromatic nitrogens is 2. The molecule has 0 saturated heterocycles. The maximum absolute atomic E-state index is 5.56. The van der Waals surface area contributed by atoms with Crippen LogP contribution in [0.15, 0.2) is 39.5 Å². The first-order chi connectivity index (χ1) is 13.2. The Morgan fingerprint density at radius 2 is 1.96 bits per heavy atom. The van der Waals surface area contributed by atoms with E-state index in [1.165, 1.54) is 11.1 Å². The number of methoxy groups -OCH3 is 2. The Balaban J connectivity index is 1.68. The van der Waals surface area contributed by atoms with E-state index in [2.05, 4.69) is 37.9 Å². The van der Waals surface area contributed by atoms with E-state index in [0.29, 0.717) is 18.3 Å². The van der Waals surface area contributed by atoms with Crippen molar-refractivity contribution in [2.75, 3.05) is 20.8 Å². The van der Waals surface area contributed by atoms with Gasteiger partial charge in [0.1, 0.15) is 0 Å². The number of nitrogens with two attached hydrogens (primary N) is 1. The molecule has 0 radical (unpaired) electrons. The van der Waals surface area contributed by atoms with Crippen LogP contribution in [0.2, 0.25) is 0 Å². The molecule has 0 amide bonds. The topological polar surface area (TPSA) is 86.6 Å². The third kappa shape index (κ3) is 5.29. The molecule has 1 aromatic carbocycles. The van der Waals surface area contributed by atoms with Gasteiger partial charge in [0.05, 0.1) is 27.3 Å². The summed E-state index contributed by atoms with van der Waals surface area (Å²) in [5, 5.41) is 8.26.